The number of para-hydroxylation sites is 1. The molecule has 1 aliphatic heterocycles. The van der Waals surface area contributed by atoms with E-state index in [2.05, 4.69) is 11.0 Å². The lowest BCUT2D eigenvalue weighted by Gasteiger charge is -2.33. The fraction of sp³-hybridized carbons (Fsp3) is 0.474. The van der Waals surface area contributed by atoms with Crippen LogP contribution in [0.25, 0.3) is 0 Å². The van der Waals surface area contributed by atoms with Gasteiger partial charge in [-0.2, -0.15) is 4.31 Å². The maximum Gasteiger partial charge on any atom is 0.252 e. The van der Waals surface area contributed by atoms with E-state index >= 15 is 0 Å². The number of nitrogens with zero attached hydrogens (tertiary/aromatic N) is 2. The van der Waals surface area contributed by atoms with Gasteiger partial charge in [-0.25, -0.2) is 8.42 Å². The highest BCUT2D eigenvalue weighted by atomic mass is 32.2. The number of rotatable bonds is 7. The van der Waals surface area contributed by atoms with Crippen molar-refractivity contribution in [2.24, 2.45) is 0 Å². The Labute approximate surface area is 160 Å². The lowest BCUT2D eigenvalue weighted by atomic mass is 10.2. The number of aryl methyl sites for hydroxylation is 1. The van der Waals surface area contributed by atoms with Gasteiger partial charge in [0.05, 0.1) is 6.61 Å². The summed E-state index contributed by atoms with van der Waals surface area (Å²) >= 11 is 1.38. The van der Waals surface area contributed by atoms with E-state index in [1.54, 1.807) is 10.4 Å². The van der Waals surface area contributed by atoms with E-state index in [1.807, 2.05) is 38.1 Å². The van der Waals surface area contributed by atoms with Crippen LogP contribution in [0.5, 0.6) is 5.75 Å². The van der Waals surface area contributed by atoms with Crippen molar-refractivity contribution in [2.75, 3.05) is 32.8 Å². The summed E-state index contributed by atoms with van der Waals surface area (Å²) in [5.41, 5.74) is 1.15. The number of sulfonamides is 1. The molecule has 0 spiro atoms. The molecular weight excluding hydrogens is 368 g/mol. The van der Waals surface area contributed by atoms with Gasteiger partial charge in [-0.3, -0.25) is 4.90 Å². The molecule has 142 valence electrons. The molecule has 3 rings (SSSR count). The Morgan fingerprint density at radius 3 is 2.42 bits per heavy atom. The van der Waals surface area contributed by atoms with Gasteiger partial charge < -0.3 is 4.74 Å². The molecule has 0 saturated carbocycles. The van der Waals surface area contributed by atoms with Crippen LogP contribution in [-0.4, -0.2) is 50.4 Å². The van der Waals surface area contributed by atoms with Crippen LogP contribution in [-0.2, 0) is 23.0 Å². The second-order valence-electron chi connectivity index (χ2n) is 6.30. The number of ether oxygens (including phenoxy) is 1. The van der Waals surface area contributed by atoms with Crippen LogP contribution in [0.3, 0.4) is 0 Å². The first-order valence-corrected chi connectivity index (χ1v) is 11.3. The van der Waals surface area contributed by atoms with Crippen LogP contribution in [0.2, 0.25) is 0 Å². The van der Waals surface area contributed by atoms with Gasteiger partial charge in [0.2, 0.25) is 0 Å². The monoisotopic (exact) mass is 394 g/mol. The molecule has 2 heterocycles. The summed E-state index contributed by atoms with van der Waals surface area (Å²) < 4.78 is 33.4. The van der Waals surface area contributed by atoms with E-state index in [-0.39, 0.29) is 0 Å². The molecule has 1 fully saturated rings. The average molecular weight is 395 g/mol. The molecule has 0 radical (unpaired) electrons. The quantitative estimate of drug-likeness (QED) is 0.724. The molecule has 2 aromatic rings. The molecule has 1 aromatic carbocycles. The number of thiophene rings is 1. The van der Waals surface area contributed by atoms with Crippen LogP contribution >= 0.6 is 11.3 Å². The van der Waals surface area contributed by atoms with E-state index < -0.39 is 10.0 Å². The number of piperazine rings is 1. The zero-order valence-corrected chi connectivity index (χ0v) is 17.0. The highest BCUT2D eigenvalue weighted by molar-refractivity contribution is 7.91. The van der Waals surface area contributed by atoms with Crippen molar-refractivity contribution in [2.45, 2.75) is 31.0 Å². The van der Waals surface area contributed by atoms with Crippen molar-refractivity contribution in [3.8, 4) is 5.75 Å². The smallest absolute Gasteiger partial charge is 0.252 e. The van der Waals surface area contributed by atoms with Crippen LogP contribution in [0.15, 0.2) is 40.6 Å². The Hall–Kier alpha value is -1.41. The minimum atomic E-state index is -3.36. The third kappa shape index (κ3) is 4.28. The summed E-state index contributed by atoms with van der Waals surface area (Å²) in [6, 6.07) is 11.7. The van der Waals surface area contributed by atoms with E-state index in [0.29, 0.717) is 23.9 Å². The molecule has 1 aromatic heterocycles. The largest absolute Gasteiger partial charge is 0.494 e. The second-order valence-corrected chi connectivity index (χ2v) is 9.63. The third-order valence-corrected chi connectivity index (χ3v) is 8.17. The van der Waals surface area contributed by atoms with Gasteiger partial charge in [-0.15, -0.1) is 11.3 Å². The molecule has 26 heavy (non-hydrogen) atoms. The molecule has 7 heteroatoms. The van der Waals surface area contributed by atoms with Crippen LogP contribution in [0.1, 0.15) is 24.3 Å². The Morgan fingerprint density at radius 2 is 1.77 bits per heavy atom. The van der Waals surface area contributed by atoms with Crippen LogP contribution in [0, 0.1) is 0 Å². The minimum absolute atomic E-state index is 0.462. The first-order valence-electron chi connectivity index (χ1n) is 9.06. The summed E-state index contributed by atoms with van der Waals surface area (Å²) in [7, 11) is -3.36. The van der Waals surface area contributed by atoms with Gasteiger partial charge in [0.25, 0.3) is 10.0 Å². The van der Waals surface area contributed by atoms with Crippen molar-refractivity contribution in [1.82, 2.24) is 9.21 Å². The average Bonchev–Trinajstić information content (AvgIpc) is 3.14. The van der Waals surface area contributed by atoms with Gasteiger partial charge in [-0.1, -0.05) is 25.1 Å². The molecule has 0 unspecified atom stereocenters. The molecule has 5 nitrogen and oxygen atoms in total. The predicted octanol–water partition coefficient (Wildman–Crippen LogP) is 3.22. The van der Waals surface area contributed by atoms with Gasteiger partial charge in [0.1, 0.15) is 9.96 Å². The van der Waals surface area contributed by atoms with Gasteiger partial charge in [0, 0.05) is 43.2 Å². The van der Waals surface area contributed by atoms with Crippen molar-refractivity contribution in [1.29, 1.82) is 0 Å². The molecule has 0 amide bonds. The Bertz CT molecular complexity index is 825. The van der Waals surface area contributed by atoms with Crippen molar-refractivity contribution in [3.63, 3.8) is 0 Å². The van der Waals surface area contributed by atoms with E-state index in [0.717, 1.165) is 42.2 Å². The number of hydrogen-bond acceptors (Lipinski definition) is 5. The van der Waals surface area contributed by atoms with Gasteiger partial charge >= 0.3 is 0 Å². The molecule has 0 N–H and O–H groups in total. The molecular formula is C19H26N2O3S2. The molecule has 1 saturated heterocycles. The molecule has 0 bridgehead atoms. The Kier molecular flexibility index (Phi) is 6.34. The fourth-order valence-corrected chi connectivity index (χ4v) is 5.99. The lowest BCUT2D eigenvalue weighted by molar-refractivity contribution is 0.179. The maximum absolute atomic E-state index is 12.8. The predicted molar refractivity (Wildman–Crippen MR) is 105 cm³/mol. The summed E-state index contributed by atoms with van der Waals surface area (Å²) in [4.78, 5) is 3.39. The van der Waals surface area contributed by atoms with Crippen molar-refractivity contribution in [3.05, 3.63) is 46.8 Å². The summed E-state index contributed by atoms with van der Waals surface area (Å²) in [6.07, 6.45) is 0.868. The standard InChI is InChI=1S/C19H26N2O3S2/c1-3-17-9-10-19(25-17)26(22,23)21-13-11-20(12-14-21)15-16-7-5-6-8-18(16)24-4-2/h5-10H,3-4,11-15H2,1-2H3. The van der Waals surface area contributed by atoms with Gasteiger partial charge in [0.15, 0.2) is 0 Å². The Morgan fingerprint density at radius 1 is 1.04 bits per heavy atom. The van der Waals surface area contributed by atoms with Crippen molar-refractivity contribution >= 4 is 21.4 Å². The number of hydrogen-bond donors (Lipinski definition) is 0. The summed E-state index contributed by atoms with van der Waals surface area (Å²) in [5.74, 6) is 0.913. The van der Waals surface area contributed by atoms with E-state index in [4.69, 9.17) is 4.74 Å². The van der Waals surface area contributed by atoms with E-state index in [1.165, 1.54) is 11.3 Å². The SMILES string of the molecule is CCOc1ccccc1CN1CCN(S(=O)(=O)c2ccc(CC)s2)CC1. The minimum Gasteiger partial charge on any atom is -0.494 e. The van der Waals surface area contributed by atoms with E-state index in [9.17, 15) is 8.42 Å². The lowest BCUT2D eigenvalue weighted by Crippen LogP contribution is -2.48. The maximum atomic E-state index is 12.8. The normalized spacial score (nSPS) is 16.7. The van der Waals surface area contributed by atoms with Gasteiger partial charge in [-0.05, 0) is 31.5 Å². The molecule has 1 aliphatic rings. The fourth-order valence-electron chi connectivity index (χ4n) is 3.11. The molecule has 0 atom stereocenters. The highest BCUT2D eigenvalue weighted by Crippen LogP contribution is 2.27. The first kappa shape index (κ1) is 19.4. The third-order valence-electron chi connectivity index (χ3n) is 4.58. The summed E-state index contributed by atoms with van der Waals surface area (Å²) in [5, 5.41) is 0. The zero-order chi connectivity index (χ0) is 18.6. The first-order chi connectivity index (χ1) is 12.5. The highest BCUT2D eigenvalue weighted by Gasteiger charge is 2.29. The molecule has 0 aliphatic carbocycles. The van der Waals surface area contributed by atoms with Crippen molar-refractivity contribution < 1.29 is 13.2 Å². The topological polar surface area (TPSA) is 49.9 Å². The summed E-state index contributed by atoms with van der Waals surface area (Å²) in [6.45, 7) is 7.96. The second kappa shape index (κ2) is 8.52. The van der Waals surface area contributed by atoms with Crippen LogP contribution < -0.4 is 4.74 Å². The number of benzene rings is 1. The zero-order valence-electron chi connectivity index (χ0n) is 15.3. The Balaban J connectivity index is 1.62. The van der Waals surface area contributed by atoms with Crippen LogP contribution in [0.4, 0.5) is 0 Å².